The van der Waals surface area contributed by atoms with Crippen molar-refractivity contribution in [3.63, 3.8) is 0 Å². The molecule has 1 amide bonds. The van der Waals surface area contributed by atoms with Gasteiger partial charge in [-0.2, -0.15) is 18.4 Å². The highest BCUT2D eigenvalue weighted by atomic mass is 32.1. The first kappa shape index (κ1) is 24.5. The SMILES string of the molecule is COC(=O)[C@H]1CCc2cc(N3C(=S)N(c4ccc(C#N)c(C(F)(F)F)c4)C(=O)C3(C)C)ccc2O1. The van der Waals surface area contributed by atoms with E-state index in [1.807, 2.05) is 0 Å². The Balaban J connectivity index is 1.71. The fourth-order valence-corrected chi connectivity index (χ4v) is 4.79. The lowest BCUT2D eigenvalue weighted by Gasteiger charge is -2.31. The van der Waals surface area contributed by atoms with Crippen molar-refractivity contribution in [2.45, 2.75) is 44.5 Å². The summed E-state index contributed by atoms with van der Waals surface area (Å²) in [7, 11) is 1.29. The molecule has 0 spiro atoms. The third-order valence-electron chi connectivity index (χ3n) is 6.07. The van der Waals surface area contributed by atoms with Gasteiger partial charge in [0.1, 0.15) is 11.3 Å². The standard InChI is InChI=1S/C24H20F3N3O4S/c1-23(2)21(32)29(15-6-4-14(12-28)17(11-15)24(25,26)27)22(35)30(23)16-7-9-18-13(10-16)5-8-19(34-18)20(31)33-3/h4,6-7,9-11,19H,5,8H2,1-3H3/t19-/m1/s1. The molecule has 0 unspecified atom stereocenters. The number of amides is 1. The minimum absolute atomic E-state index is 0.00180. The summed E-state index contributed by atoms with van der Waals surface area (Å²) >= 11 is 5.57. The van der Waals surface area contributed by atoms with E-state index < -0.39 is 40.8 Å². The molecule has 0 aromatic heterocycles. The number of ether oxygens (including phenoxy) is 2. The first-order valence-electron chi connectivity index (χ1n) is 10.6. The van der Waals surface area contributed by atoms with Gasteiger partial charge in [-0.15, -0.1) is 0 Å². The zero-order valence-corrected chi connectivity index (χ0v) is 19.8. The number of hydrogen-bond acceptors (Lipinski definition) is 6. The number of benzene rings is 2. The Morgan fingerprint density at radius 2 is 1.91 bits per heavy atom. The van der Waals surface area contributed by atoms with E-state index in [0.717, 1.165) is 22.6 Å². The van der Waals surface area contributed by atoms with Crippen LogP contribution in [0.4, 0.5) is 24.5 Å². The average molecular weight is 504 g/mol. The summed E-state index contributed by atoms with van der Waals surface area (Å²) in [6, 6.07) is 9.70. The number of aryl methyl sites for hydroxylation is 1. The smallest absolute Gasteiger partial charge is 0.417 e. The molecule has 2 aliphatic rings. The third-order valence-corrected chi connectivity index (χ3v) is 6.43. The Bertz CT molecular complexity index is 1290. The molecule has 0 bridgehead atoms. The van der Waals surface area contributed by atoms with Crippen molar-refractivity contribution >= 4 is 40.6 Å². The topological polar surface area (TPSA) is 82.9 Å². The minimum atomic E-state index is -4.78. The second kappa shape index (κ2) is 8.53. The molecule has 2 aromatic carbocycles. The van der Waals surface area contributed by atoms with E-state index in [0.29, 0.717) is 24.3 Å². The highest BCUT2D eigenvalue weighted by Crippen LogP contribution is 2.41. The van der Waals surface area contributed by atoms with Gasteiger partial charge in [0.05, 0.1) is 30.0 Å². The monoisotopic (exact) mass is 503 g/mol. The summed E-state index contributed by atoms with van der Waals surface area (Å²) < 4.78 is 51.0. The van der Waals surface area contributed by atoms with Crippen molar-refractivity contribution in [3.8, 4) is 11.8 Å². The Hall–Kier alpha value is -3.65. The molecule has 1 saturated heterocycles. The van der Waals surface area contributed by atoms with Gasteiger partial charge in [-0.05, 0) is 80.9 Å². The lowest BCUT2D eigenvalue weighted by molar-refractivity contribution is -0.149. The number of alkyl halides is 3. The van der Waals surface area contributed by atoms with Gasteiger partial charge < -0.3 is 14.4 Å². The van der Waals surface area contributed by atoms with Crippen LogP contribution in [-0.4, -0.2) is 35.7 Å². The first-order chi connectivity index (χ1) is 16.4. The Morgan fingerprint density at radius 1 is 1.23 bits per heavy atom. The lowest BCUT2D eigenvalue weighted by atomic mass is 9.99. The predicted molar refractivity (Wildman–Crippen MR) is 124 cm³/mol. The van der Waals surface area contributed by atoms with Crippen molar-refractivity contribution in [3.05, 3.63) is 53.1 Å². The highest BCUT2D eigenvalue weighted by Gasteiger charge is 2.51. The molecule has 1 atom stereocenters. The predicted octanol–water partition coefficient (Wildman–Crippen LogP) is 4.36. The van der Waals surface area contributed by atoms with Crippen LogP contribution in [0.5, 0.6) is 5.75 Å². The number of anilines is 2. The number of carbonyl (C=O) groups is 2. The average Bonchev–Trinajstić information content (AvgIpc) is 3.00. The van der Waals surface area contributed by atoms with Gasteiger partial charge in [0, 0.05) is 5.69 Å². The van der Waals surface area contributed by atoms with E-state index in [1.54, 1.807) is 36.9 Å². The van der Waals surface area contributed by atoms with Gasteiger partial charge in [-0.25, -0.2) is 4.79 Å². The zero-order valence-electron chi connectivity index (χ0n) is 19.0. The van der Waals surface area contributed by atoms with Crippen LogP contribution in [0.2, 0.25) is 0 Å². The van der Waals surface area contributed by atoms with E-state index in [2.05, 4.69) is 0 Å². The van der Waals surface area contributed by atoms with Crippen LogP contribution in [0.25, 0.3) is 0 Å². The normalized spacial score (nSPS) is 19.2. The molecule has 0 N–H and O–H groups in total. The van der Waals surface area contributed by atoms with E-state index in [9.17, 15) is 22.8 Å². The molecule has 2 aliphatic heterocycles. The molecule has 0 saturated carbocycles. The number of methoxy groups -OCH3 is 1. The number of rotatable bonds is 3. The number of esters is 1. The molecule has 0 aliphatic carbocycles. The molecule has 7 nitrogen and oxygen atoms in total. The zero-order chi connectivity index (χ0) is 25.7. The highest BCUT2D eigenvalue weighted by molar-refractivity contribution is 7.81. The third kappa shape index (κ3) is 4.08. The summed E-state index contributed by atoms with van der Waals surface area (Å²) in [4.78, 5) is 27.8. The number of nitrogens with zero attached hydrogens (tertiary/aromatic N) is 3. The molecule has 182 valence electrons. The number of nitriles is 1. The van der Waals surface area contributed by atoms with Crippen molar-refractivity contribution in [2.75, 3.05) is 16.9 Å². The van der Waals surface area contributed by atoms with E-state index in [1.165, 1.54) is 19.2 Å². The lowest BCUT2D eigenvalue weighted by Crippen LogP contribution is -2.44. The number of hydrogen-bond donors (Lipinski definition) is 0. The summed E-state index contributed by atoms with van der Waals surface area (Å²) in [6.45, 7) is 3.25. The van der Waals surface area contributed by atoms with E-state index >= 15 is 0 Å². The number of carbonyl (C=O) groups excluding carboxylic acids is 2. The quantitative estimate of drug-likeness (QED) is 0.455. The van der Waals surface area contributed by atoms with Gasteiger partial charge in [0.2, 0.25) is 0 Å². The molecular weight excluding hydrogens is 483 g/mol. The Kier molecular flexibility index (Phi) is 5.97. The molecular formula is C24H20F3N3O4S. The molecule has 4 rings (SSSR count). The summed E-state index contributed by atoms with van der Waals surface area (Å²) in [5.41, 5.74) is -1.62. The second-order valence-corrected chi connectivity index (χ2v) is 8.98. The van der Waals surface area contributed by atoms with Crippen molar-refractivity contribution in [2.24, 2.45) is 0 Å². The number of fused-ring (bicyclic) bond motifs is 1. The van der Waals surface area contributed by atoms with Crippen LogP contribution in [0, 0.1) is 11.3 Å². The maximum Gasteiger partial charge on any atom is 0.417 e. The van der Waals surface area contributed by atoms with E-state index in [4.69, 9.17) is 27.0 Å². The molecule has 2 heterocycles. The van der Waals surface area contributed by atoms with Crippen LogP contribution >= 0.6 is 12.2 Å². The summed E-state index contributed by atoms with van der Waals surface area (Å²) in [5.74, 6) is -0.480. The summed E-state index contributed by atoms with van der Waals surface area (Å²) in [5, 5.41) is 9.07. The van der Waals surface area contributed by atoms with Gasteiger partial charge in [0.25, 0.3) is 5.91 Å². The summed E-state index contributed by atoms with van der Waals surface area (Å²) in [6.07, 6.45) is -4.56. The van der Waals surface area contributed by atoms with Crippen LogP contribution in [0.15, 0.2) is 36.4 Å². The van der Waals surface area contributed by atoms with Gasteiger partial charge in [-0.1, -0.05) is 0 Å². The largest absolute Gasteiger partial charge is 0.478 e. The van der Waals surface area contributed by atoms with Crippen LogP contribution in [-0.2, 0) is 26.9 Å². The molecule has 2 aromatic rings. The van der Waals surface area contributed by atoms with Crippen molar-refractivity contribution < 1.29 is 32.2 Å². The van der Waals surface area contributed by atoms with Crippen LogP contribution < -0.4 is 14.5 Å². The fourth-order valence-electron chi connectivity index (χ4n) is 4.27. The second-order valence-electron chi connectivity index (χ2n) is 8.62. The molecule has 0 radical (unpaired) electrons. The molecule has 35 heavy (non-hydrogen) atoms. The molecule has 1 fully saturated rings. The minimum Gasteiger partial charge on any atom is -0.478 e. The number of halogens is 3. The van der Waals surface area contributed by atoms with E-state index in [-0.39, 0.29) is 10.8 Å². The van der Waals surface area contributed by atoms with Crippen LogP contribution in [0.3, 0.4) is 0 Å². The van der Waals surface area contributed by atoms with Gasteiger partial charge in [0.15, 0.2) is 11.2 Å². The van der Waals surface area contributed by atoms with Crippen LogP contribution in [0.1, 0.15) is 37.0 Å². The van der Waals surface area contributed by atoms with Gasteiger partial charge in [-0.3, -0.25) is 9.69 Å². The molecule has 11 heteroatoms. The van der Waals surface area contributed by atoms with Crippen molar-refractivity contribution in [1.82, 2.24) is 0 Å². The Labute approximate surface area is 204 Å². The fraction of sp³-hybridized carbons (Fsp3) is 0.333. The van der Waals surface area contributed by atoms with Crippen molar-refractivity contribution in [1.29, 1.82) is 5.26 Å². The maximum absolute atomic E-state index is 13.5. The maximum atomic E-state index is 13.5. The van der Waals surface area contributed by atoms with Gasteiger partial charge >= 0.3 is 12.1 Å². The Morgan fingerprint density at radius 3 is 2.54 bits per heavy atom. The first-order valence-corrected chi connectivity index (χ1v) is 11.0. The number of thiocarbonyl (C=S) groups is 1.